The monoisotopic (exact) mass is 211 g/mol. The molecule has 0 aliphatic rings. The molecule has 0 radical (unpaired) electrons. The zero-order valence-corrected chi connectivity index (χ0v) is 7.73. The number of hydrogen-bond acceptors (Lipinski definition) is 4. The zero-order chi connectivity index (χ0) is 10.1. The van der Waals surface area contributed by atoms with Gasteiger partial charge in [-0.3, -0.25) is 0 Å². The summed E-state index contributed by atoms with van der Waals surface area (Å²) in [5.74, 6) is -0.0627. The van der Waals surface area contributed by atoms with Gasteiger partial charge in [-0.25, -0.2) is 0 Å². The fraction of sp³-hybridized carbons (Fsp3) is 0. The average Bonchev–Trinajstić information content (AvgIpc) is 2.50. The van der Waals surface area contributed by atoms with Crippen molar-refractivity contribution in [1.29, 1.82) is 0 Å². The standard InChI is InChI=1S/C8H6ClN3O2/c9-6-3-1-5(2-4-6)7-8(10)12(13)14-11-7/h1-4H,10H2. The Morgan fingerprint density at radius 2 is 2.00 bits per heavy atom. The number of anilines is 1. The van der Waals surface area contributed by atoms with Crippen molar-refractivity contribution in [1.82, 2.24) is 5.16 Å². The number of hydrogen-bond donors (Lipinski definition) is 1. The first kappa shape index (κ1) is 8.83. The Kier molecular flexibility index (Phi) is 2.01. The number of nitrogens with two attached hydrogens (primary N) is 1. The van der Waals surface area contributed by atoms with Crippen molar-refractivity contribution in [3.8, 4) is 11.3 Å². The number of nitrogens with zero attached hydrogens (tertiary/aromatic N) is 2. The van der Waals surface area contributed by atoms with Crippen LogP contribution in [-0.2, 0) is 0 Å². The topological polar surface area (TPSA) is 79.0 Å². The molecule has 6 heteroatoms. The number of aromatic nitrogens is 2. The molecule has 0 saturated heterocycles. The van der Waals surface area contributed by atoms with Crippen molar-refractivity contribution < 1.29 is 9.53 Å². The Balaban J connectivity index is 2.49. The first-order chi connectivity index (χ1) is 6.68. The van der Waals surface area contributed by atoms with Gasteiger partial charge in [0, 0.05) is 10.6 Å². The fourth-order valence-electron chi connectivity index (χ4n) is 1.06. The lowest BCUT2D eigenvalue weighted by molar-refractivity contribution is -0.790. The molecule has 1 aromatic heterocycles. The van der Waals surface area contributed by atoms with E-state index < -0.39 is 0 Å². The van der Waals surface area contributed by atoms with Gasteiger partial charge in [-0.1, -0.05) is 16.5 Å². The molecule has 5 nitrogen and oxygen atoms in total. The molecule has 0 aliphatic carbocycles. The molecule has 0 amide bonds. The second-order valence-electron chi connectivity index (χ2n) is 2.67. The molecular formula is C8H6ClN3O2. The maximum Gasteiger partial charge on any atom is 0.300 e. The Morgan fingerprint density at radius 1 is 1.36 bits per heavy atom. The molecule has 72 valence electrons. The highest BCUT2D eigenvalue weighted by Crippen LogP contribution is 2.22. The van der Waals surface area contributed by atoms with Crippen molar-refractivity contribution in [2.45, 2.75) is 0 Å². The maximum atomic E-state index is 10.8. The number of benzene rings is 1. The summed E-state index contributed by atoms with van der Waals surface area (Å²) in [6, 6.07) is 6.77. The number of halogens is 1. The van der Waals surface area contributed by atoms with Gasteiger partial charge in [-0.15, -0.1) is 0 Å². The summed E-state index contributed by atoms with van der Waals surface area (Å²) in [5.41, 5.74) is 6.44. The highest BCUT2D eigenvalue weighted by atomic mass is 35.5. The van der Waals surface area contributed by atoms with Crippen molar-refractivity contribution in [3.63, 3.8) is 0 Å². The summed E-state index contributed by atoms with van der Waals surface area (Å²) >= 11 is 5.70. The molecule has 0 unspecified atom stereocenters. The van der Waals surface area contributed by atoms with Gasteiger partial charge < -0.3 is 15.6 Å². The summed E-state index contributed by atoms with van der Waals surface area (Å²) in [6.45, 7) is 0. The molecule has 1 heterocycles. The first-order valence-corrected chi connectivity index (χ1v) is 4.17. The number of nitrogen functional groups attached to an aromatic ring is 1. The van der Waals surface area contributed by atoms with Crippen LogP contribution in [0.4, 0.5) is 5.82 Å². The molecule has 0 fully saturated rings. The van der Waals surface area contributed by atoms with Crippen molar-refractivity contribution in [2.24, 2.45) is 0 Å². The van der Waals surface area contributed by atoms with Gasteiger partial charge in [0.05, 0.1) is 0 Å². The smallest absolute Gasteiger partial charge is 0.300 e. The third-order valence-electron chi connectivity index (χ3n) is 1.76. The van der Waals surface area contributed by atoms with Gasteiger partial charge in [0.25, 0.3) is 5.82 Å². The molecule has 2 rings (SSSR count). The molecule has 0 spiro atoms. The molecule has 0 atom stereocenters. The van der Waals surface area contributed by atoms with Crippen LogP contribution in [-0.4, -0.2) is 5.16 Å². The number of rotatable bonds is 1. The molecule has 2 aromatic rings. The Labute approximate surface area is 84.2 Å². The van der Waals surface area contributed by atoms with E-state index in [1.54, 1.807) is 24.3 Å². The second kappa shape index (κ2) is 3.19. The minimum Gasteiger partial charge on any atom is -0.391 e. The van der Waals surface area contributed by atoms with Crippen molar-refractivity contribution >= 4 is 17.4 Å². The van der Waals surface area contributed by atoms with Crippen LogP contribution >= 0.6 is 11.6 Å². The van der Waals surface area contributed by atoms with Crippen LogP contribution in [0.1, 0.15) is 0 Å². The maximum absolute atomic E-state index is 10.8. The van der Waals surface area contributed by atoms with E-state index in [9.17, 15) is 5.21 Å². The summed E-state index contributed by atoms with van der Waals surface area (Å²) in [5, 5.41) is 14.9. The second-order valence-corrected chi connectivity index (χ2v) is 3.11. The lowest BCUT2D eigenvalue weighted by Crippen LogP contribution is -2.26. The molecule has 0 saturated carbocycles. The van der Waals surface area contributed by atoms with Crippen LogP contribution in [0.5, 0.6) is 0 Å². The van der Waals surface area contributed by atoms with Crippen LogP contribution < -0.4 is 10.6 Å². The van der Waals surface area contributed by atoms with E-state index in [4.69, 9.17) is 17.3 Å². The molecule has 0 bridgehead atoms. The largest absolute Gasteiger partial charge is 0.391 e. The van der Waals surface area contributed by atoms with E-state index in [2.05, 4.69) is 9.79 Å². The predicted octanol–water partition coefficient (Wildman–Crippen LogP) is 1.21. The summed E-state index contributed by atoms with van der Waals surface area (Å²) in [7, 11) is 0. The van der Waals surface area contributed by atoms with E-state index in [0.29, 0.717) is 16.3 Å². The molecule has 2 N–H and O–H groups in total. The van der Waals surface area contributed by atoms with Crippen LogP contribution in [0.15, 0.2) is 28.9 Å². The first-order valence-electron chi connectivity index (χ1n) is 3.79. The normalized spacial score (nSPS) is 10.4. The van der Waals surface area contributed by atoms with Crippen molar-refractivity contribution in [3.05, 3.63) is 34.5 Å². The van der Waals surface area contributed by atoms with Gasteiger partial charge in [0.15, 0.2) is 0 Å². The molecule has 1 aromatic carbocycles. The third-order valence-corrected chi connectivity index (χ3v) is 2.02. The zero-order valence-electron chi connectivity index (χ0n) is 6.98. The van der Waals surface area contributed by atoms with E-state index in [-0.39, 0.29) is 10.7 Å². The quantitative estimate of drug-likeness (QED) is 0.719. The van der Waals surface area contributed by atoms with E-state index in [1.807, 2.05) is 0 Å². The Morgan fingerprint density at radius 3 is 2.50 bits per heavy atom. The predicted molar refractivity (Wildman–Crippen MR) is 50.3 cm³/mol. The van der Waals surface area contributed by atoms with Gasteiger partial charge >= 0.3 is 0 Å². The van der Waals surface area contributed by atoms with Crippen LogP contribution in [0.25, 0.3) is 11.3 Å². The van der Waals surface area contributed by atoms with E-state index in [0.717, 1.165) is 0 Å². The minimum absolute atomic E-state index is 0.0627. The molecular weight excluding hydrogens is 206 g/mol. The lowest BCUT2D eigenvalue weighted by Gasteiger charge is -1.93. The molecule has 0 aliphatic heterocycles. The average molecular weight is 212 g/mol. The van der Waals surface area contributed by atoms with Gasteiger partial charge in [-0.2, -0.15) is 0 Å². The summed E-state index contributed by atoms with van der Waals surface area (Å²) < 4.78 is 4.33. The van der Waals surface area contributed by atoms with Gasteiger partial charge in [0.1, 0.15) is 0 Å². The minimum atomic E-state index is -0.0627. The Bertz CT molecular complexity index is 452. The summed E-state index contributed by atoms with van der Waals surface area (Å²) in [4.78, 5) is 0.157. The van der Waals surface area contributed by atoms with Crippen LogP contribution in [0, 0.1) is 5.21 Å². The van der Waals surface area contributed by atoms with Crippen molar-refractivity contribution in [2.75, 3.05) is 5.73 Å². The van der Waals surface area contributed by atoms with Gasteiger partial charge in [0.2, 0.25) is 5.69 Å². The highest BCUT2D eigenvalue weighted by Gasteiger charge is 2.15. The Hall–Kier alpha value is -1.75. The highest BCUT2D eigenvalue weighted by molar-refractivity contribution is 6.30. The van der Waals surface area contributed by atoms with Gasteiger partial charge in [-0.05, 0) is 29.4 Å². The van der Waals surface area contributed by atoms with E-state index in [1.165, 1.54) is 0 Å². The van der Waals surface area contributed by atoms with E-state index >= 15 is 0 Å². The SMILES string of the molecule is Nc1c(-c2ccc(Cl)cc2)no[n+]1[O-]. The van der Waals surface area contributed by atoms with Crippen LogP contribution in [0.2, 0.25) is 5.02 Å². The fourth-order valence-corrected chi connectivity index (χ4v) is 1.19. The lowest BCUT2D eigenvalue weighted by atomic mass is 10.1. The molecule has 14 heavy (non-hydrogen) atoms. The summed E-state index contributed by atoms with van der Waals surface area (Å²) in [6.07, 6.45) is 0. The van der Waals surface area contributed by atoms with Crippen LogP contribution in [0.3, 0.4) is 0 Å². The third kappa shape index (κ3) is 1.38.